The zero-order chi connectivity index (χ0) is 9.68. The maximum atomic E-state index is 12.7. The number of nitriles is 1. The lowest BCUT2D eigenvalue weighted by molar-refractivity contribution is 0.627. The Morgan fingerprint density at radius 2 is 2.31 bits per heavy atom. The van der Waals surface area contributed by atoms with Crippen molar-refractivity contribution in [2.24, 2.45) is 0 Å². The van der Waals surface area contributed by atoms with E-state index in [4.69, 9.17) is 16.9 Å². The van der Waals surface area contributed by atoms with Crippen LogP contribution in [-0.4, -0.2) is 5.88 Å². The Hall–Kier alpha value is -1.33. The van der Waals surface area contributed by atoms with Gasteiger partial charge in [-0.15, -0.1) is 11.6 Å². The Balaban J connectivity index is 3.08. The molecule has 0 bridgehead atoms. The summed E-state index contributed by atoms with van der Waals surface area (Å²) in [6.07, 6.45) is 3.40. The van der Waals surface area contributed by atoms with Gasteiger partial charge in [0.2, 0.25) is 0 Å². The van der Waals surface area contributed by atoms with E-state index in [1.54, 1.807) is 18.2 Å². The van der Waals surface area contributed by atoms with Gasteiger partial charge in [-0.2, -0.15) is 5.26 Å². The molecule has 3 heteroatoms. The third-order valence-corrected chi connectivity index (χ3v) is 1.70. The van der Waals surface area contributed by atoms with Crippen LogP contribution in [0.25, 0.3) is 6.08 Å². The molecule has 0 saturated heterocycles. The van der Waals surface area contributed by atoms with E-state index in [0.29, 0.717) is 17.0 Å². The van der Waals surface area contributed by atoms with Gasteiger partial charge in [-0.05, 0) is 17.7 Å². The molecule has 0 aliphatic carbocycles. The molecule has 0 amide bonds. The summed E-state index contributed by atoms with van der Waals surface area (Å²) < 4.78 is 12.7. The number of hydrogen-bond acceptors (Lipinski definition) is 1. The molecular formula is C10H7ClFN. The molecule has 1 rings (SSSR count). The largest absolute Gasteiger partial charge is 0.207 e. The summed E-state index contributed by atoms with van der Waals surface area (Å²) in [4.78, 5) is 0. The Bertz CT molecular complexity index is 366. The van der Waals surface area contributed by atoms with Crippen LogP contribution < -0.4 is 0 Å². The van der Waals surface area contributed by atoms with E-state index in [-0.39, 0.29) is 0 Å². The van der Waals surface area contributed by atoms with Gasteiger partial charge in [0.15, 0.2) is 0 Å². The van der Waals surface area contributed by atoms with Gasteiger partial charge in [-0.3, -0.25) is 0 Å². The van der Waals surface area contributed by atoms with E-state index in [0.717, 1.165) is 0 Å². The topological polar surface area (TPSA) is 23.8 Å². The Kier molecular flexibility index (Phi) is 3.48. The Morgan fingerprint density at radius 3 is 2.92 bits per heavy atom. The second-order valence-corrected chi connectivity index (χ2v) is 2.71. The van der Waals surface area contributed by atoms with Gasteiger partial charge in [0.25, 0.3) is 0 Å². The minimum absolute atomic E-state index is 0.321. The predicted molar refractivity (Wildman–Crippen MR) is 50.9 cm³/mol. The number of benzene rings is 1. The second kappa shape index (κ2) is 4.64. The highest BCUT2D eigenvalue weighted by molar-refractivity contribution is 6.19. The van der Waals surface area contributed by atoms with E-state index in [1.807, 2.05) is 6.07 Å². The van der Waals surface area contributed by atoms with Crippen molar-refractivity contribution in [1.82, 2.24) is 0 Å². The summed E-state index contributed by atoms with van der Waals surface area (Å²) in [5, 5.41) is 8.66. The maximum Gasteiger partial charge on any atom is 0.124 e. The van der Waals surface area contributed by atoms with E-state index in [2.05, 4.69) is 0 Å². The van der Waals surface area contributed by atoms with Crippen molar-refractivity contribution in [2.75, 3.05) is 5.88 Å². The average molecular weight is 196 g/mol. The third kappa shape index (κ3) is 2.57. The molecule has 0 unspecified atom stereocenters. The highest BCUT2D eigenvalue weighted by Crippen LogP contribution is 2.11. The maximum absolute atomic E-state index is 12.7. The standard InChI is InChI=1S/C10H7ClFN/c11-5-1-2-8-3-4-10(12)6-9(8)7-13/h1-4,6H,5H2. The highest BCUT2D eigenvalue weighted by atomic mass is 35.5. The molecule has 1 aromatic rings. The van der Waals surface area contributed by atoms with Gasteiger partial charge in [0.1, 0.15) is 5.82 Å². The minimum atomic E-state index is -0.403. The highest BCUT2D eigenvalue weighted by Gasteiger charge is 1.99. The first-order valence-electron chi connectivity index (χ1n) is 3.70. The molecule has 0 heterocycles. The van der Waals surface area contributed by atoms with Crippen LogP contribution in [0, 0.1) is 17.1 Å². The van der Waals surface area contributed by atoms with Crippen LogP contribution in [0.2, 0.25) is 0 Å². The van der Waals surface area contributed by atoms with Crippen LogP contribution in [0.3, 0.4) is 0 Å². The average Bonchev–Trinajstić information content (AvgIpc) is 2.16. The number of halogens is 2. The number of nitrogens with zero attached hydrogens (tertiary/aromatic N) is 1. The van der Waals surface area contributed by atoms with Crippen LogP contribution in [0.5, 0.6) is 0 Å². The molecule has 0 aliphatic heterocycles. The fraction of sp³-hybridized carbons (Fsp3) is 0.100. The Morgan fingerprint density at radius 1 is 1.54 bits per heavy atom. The molecule has 0 spiro atoms. The fourth-order valence-corrected chi connectivity index (χ4v) is 1.03. The molecule has 0 fully saturated rings. The lowest BCUT2D eigenvalue weighted by Crippen LogP contribution is -1.84. The van der Waals surface area contributed by atoms with Crippen LogP contribution in [-0.2, 0) is 0 Å². The van der Waals surface area contributed by atoms with Gasteiger partial charge < -0.3 is 0 Å². The quantitative estimate of drug-likeness (QED) is 0.666. The third-order valence-electron chi connectivity index (χ3n) is 1.52. The smallest absolute Gasteiger partial charge is 0.124 e. The van der Waals surface area contributed by atoms with Crippen LogP contribution in [0.15, 0.2) is 24.3 Å². The number of rotatable bonds is 2. The summed E-state index contributed by atoms with van der Waals surface area (Å²) >= 11 is 5.43. The molecule has 1 aromatic carbocycles. The van der Waals surface area contributed by atoms with Crippen molar-refractivity contribution >= 4 is 17.7 Å². The van der Waals surface area contributed by atoms with Crippen molar-refractivity contribution in [3.63, 3.8) is 0 Å². The van der Waals surface area contributed by atoms with Gasteiger partial charge in [0, 0.05) is 5.88 Å². The molecule has 1 nitrogen and oxygen atoms in total. The molecular weight excluding hydrogens is 189 g/mol. The van der Waals surface area contributed by atoms with Crippen LogP contribution in [0.4, 0.5) is 4.39 Å². The van der Waals surface area contributed by atoms with Crippen molar-refractivity contribution in [3.05, 3.63) is 41.2 Å². The van der Waals surface area contributed by atoms with Crippen LogP contribution >= 0.6 is 11.6 Å². The number of alkyl halides is 1. The summed E-state index contributed by atoms with van der Waals surface area (Å²) in [7, 11) is 0. The fourth-order valence-electron chi connectivity index (χ4n) is 0.942. The SMILES string of the molecule is N#Cc1cc(F)ccc1C=CCCl. The van der Waals surface area contributed by atoms with Crippen molar-refractivity contribution in [3.8, 4) is 6.07 Å². The normalized spacial score (nSPS) is 10.2. The number of hydrogen-bond donors (Lipinski definition) is 0. The first-order chi connectivity index (χ1) is 6.27. The van der Waals surface area contributed by atoms with Gasteiger partial charge in [-0.25, -0.2) is 4.39 Å². The summed E-state index contributed by atoms with van der Waals surface area (Å²) in [6.45, 7) is 0. The second-order valence-electron chi connectivity index (χ2n) is 2.40. The van der Waals surface area contributed by atoms with Crippen molar-refractivity contribution in [2.45, 2.75) is 0 Å². The van der Waals surface area contributed by atoms with Crippen molar-refractivity contribution < 1.29 is 4.39 Å². The van der Waals surface area contributed by atoms with E-state index < -0.39 is 5.82 Å². The first kappa shape index (κ1) is 9.76. The molecule has 0 atom stereocenters. The van der Waals surface area contributed by atoms with Crippen molar-refractivity contribution in [1.29, 1.82) is 5.26 Å². The number of allylic oxidation sites excluding steroid dienone is 1. The summed E-state index contributed by atoms with van der Waals surface area (Å²) in [5.74, 6) is -0.0259. The predicted octanol–water partition coefficient (Wildman–Crippen LogP) is 2.95. The van der Waals surface area contributed by atoms with E-state index in [1.165, 1.54) is 12.1 Å². The van der Waals surface area contributed by atoms with E-state index >= 15 is 0 Å². The molecule has 0 saturated carbocycles. The lowest BCUT2D eigenvalue weighted by Gasteiger charge is -1.96. The first-order valence-corrected chi connectivity index (χ1v) is 4.23. The molecule has 0 N–H and O–H groups in total. The summed E-state index contributed by atoms with van der Waals surface area (Å²) in [6, 6.07) is 5.98. The monoisotopic (exact) mass is 195 g/mol. The lowest BCUT2D eigenvalue weighted by atomic mass is 10.1. The van der Waals surface area contributed by atoms with Gasteiger partial charge in [-0.1, -0.05) is 18.2 Å². The van der Waals surface area contributed by atoms with Gasteiger partial charge >= 0.3 is 0 Å². The zero-order valence-corrected chi connectivity index (χ0v) is 7.55. The minimum Gasteiger partial charge on any atom is -0.207 e. The molecule has 0 aromatic heterocycles. The molecule has 0 aliphatic rings. The van der Waals surface area contributed by atoms with Crippen LogP contribution in [0.1, 0.15) is 11.1 Å². The van der Waals surface area contributed by atoms with E-state index in [9.17, 15) is 4.39 Å². The molecule has 13 heavy (non-hydrogen) atoms. The Labute approximate surface area is 81.1 Å². The summed E-state index contributed by atoms with van der Waals surface area (Å²) in [5.41, 5.74) is 1.01. The molecule has 0 radical (unpaired) electrons. The van der Waals surface area contributed by atoms with Gasteiger partial charge in [0.05, 0.1) is 11.6 Å². The zero-order valence-electron chi connectivity index (χ0n) is 6.80. The molecule has 66 valence electrons.